The van der Waals surface area contributed by atoms with Crippen molar-refractivity contribution in [3.63, 3.8) is 0 Å². The molecule has 0 aliphatic carbocycles. The van der Waals surface area contributed by atoms with Crippen LogP contribution in [0.3, 0.4) is 0 Å². The lowest BCUT2D eigenvalue weighted by Crippen LogP contribution is -2.42. The Balaban J connectivity index is 1.31. The van der Waals surface area contributed by atoms with Gasteiger partial charge in [-0.15, -0.1) is 5.53 Å². The van der Waals surface area contributed by atoms with E-state index in [1.54, 1.807) is 22.3 Å². The van der Waals surface area contributed by atoms with Gasteiger partial charge in [0.05, 0.1) is 22.7 Å². The fourth-order valence-electron chi connectivity index (χ4n) is 4.38. The summed E-state index contributed by atoms with van der Waals surface area (Å²) < 4.78 is 14.6. The van der Waals surface area contributed by atoms with E-state index in [9.17, 15) is 14.0 Å². The lowest BCUT2D eigenvalue weighted by atomic mass is 9.90. The van der Waals surface area contributed by atoms with Crippen LogP contribution in [0.2, 0.25) is 0 Å². The molecule has 0 spiro atoms. The van der Waals surface area contributed by atoms with Crippen molar-refractivity contribution in [2.24, 2.45) is 5.92 Å². The number of Topliss-reactive ketones (excluding diaryl/α,β-unsaturated/α-hetero) is 1. The van der Waals surface area contributed by atoms with Gasteiger partial charge < -0.3 is 15.3 Å². The van der Waals surface area contributed by atoms with Crippen molar-refractivity contribution in [2.45, 2.75) is 19.3 Å². The highest BCUT2D eigenvalue weighted by atomic mass is 19.1. The van der Waals surface area contributed by atoms with Gasteiger partial charge in [0, 0.05) is 31.7 Å². The van der Waals surface area contributed by atoms with Gasteiger partial charge in [0.1, 0.15) is 0 Å². The molecule has 1 amide bonds. The Kier molecular flexibility index (Phi) is 5.32. The lowest BCUT2D eigenvalue weighted by molar-refractivity contribution is -0.127. The number of aromatic nitrogens is 2. The third-order valence-corrected chi connectivity index (χ3v) is 6.07. The predicted octanol–water partition coefficient (Wildman–Crippen LogP) is 2.67. The molecule has 3 N–H and O–H groups in total. The molecule has 0 atom stereocenters. The van der Waals surface area contributed by atoms with Gasteiger partial charge in [-0.3, -0.25) is 9.59 Å². The normalized spacial score (nSPS) is 16.5. The number of fused-ring (bicyclic) bond motifs is 1. The molecule has 9 heteroatoms. The number of anilines is 1. The van der Waals surface area contributed by atoms with Crippen LogP contribution >= 0.6 is 0 Å². The number of pyridine rings is 1. The predicted molar refractivity (Wildman–Crippen MR) is 118 cm³/mol. The Hall–Kier alpha value is -3.72. The smallest absolute Gasteiger partial charge is 0.295 e. The molecule has 32 heavy (non-hydrogen) atoms. The number of carbonyl (C=O) groups is 2. The maximum Gasteiger partial charge on any atom is 0.295 e. The fourth-order valence-corrected chi connectivity index (χ4v) is 4.38. The monoisotopic (exact) mass is 434 g/mol. The SMILES string of the molecule is O=C(C(=O)N1CCC(Cc2ccccc2)CC1)c1c[nH]c2c(N3C=CNN3)ncc(F)c12. The number of hydrogen-bond acceptors (Lipinski definition) is 6. The molecule has 8 nitrogen and oxygen atoms in total. The minimum Gasteiger partial charge on any atom is -0.357 e. The summed E-state index contributed by atoms with van der Waals surface area (Å²) in [5.41, 5.74) is 7.25. The summed E-state index contributed by atoms with van der Waals surface area (Å²) in [6.45, 7) is 1.04. The first kappa shape index (κ1) is 20.2. The van der Waals surface area contributed by atoms with E-state index in [1.807, 2.05) is 18.2 Å². The average molecular weight is 434 g/mol. The molecule has 2 aliphatic rings. The molecule has 1 saturated heterocycles. The Bertz CT molecular complexity index is 1180. The minimum absolute atomic E-state index is 0.0219. The minimum atomic E-state index is -0.711. The van der Waals surface area contributed by atoms with Crippen LogP contribution in [0, 0.1) is 11.7 Å². The highest BCUT2D eigenvalue weighted by Gasteiger charge is 2.31. The lowest BCUT2D eigenvalue weighted by Gasteiger charge is -2.31. The number of rotatable bonds is 5. The Morgan fingerprint density at radius 3 is 2.66 bits per heavy atom. The second-order valence-electron chi connectivity index (χ2n) is 8.08. The highest BCUT2D eigenvalue weighted by molar-refractivity contribution is 6.45. The summed E-state index contributed by atoms with van der Waals surface area (Å²) >= 11 is 0. The summed E-state index contributed by atoms with van der Waals surface area (Å²) in [6, 6.07) is 10.3. The van der Waals surface area contributed by atoms with Crippen LogP contribution in [0.4, 0.5) is 10.2 Å². The maximum atomic E-state index is 14.6. The van der Waals surface area contributed by atoms with Gasteiger partial charge >= 0.3 is 0 Å². The Morgan fingerprint density at radius 2 is 1.94 bits per heavy atom. The molecule has 0 bridgehead atoms. The van der Waals surface area contributed by atoms with Crippen molar-refractivity contribution >= 4 is 28.4 Å². The van der Waals surface area contributed by atoms with Crippen LogP contribution < -0.4 is 16.0 Å². The molecule has 2 aromatic heterocycles. The number of nitrogens with one attached hydrogen (secondary N) is 3. The van der Waals surface area contributed by atoms with E-state index in [-0.39, 0.29) is 10.9 Å². The molecule has 3 aromatic rings. The summed E-state index contributed by atoms with van der Waals surface area (Å²) in [7, 11) is 0. The van der Waals surface area contributed by atoms with Crippen LogP contribution in [-0.4, -0.2) is 39.6 Å². The van der Waals surface area contributed by atoms with Gasteiger partial charge in [-0.2, -0.15) is 0 Å². The first-order valence-electron chi connectivity index (χ1n) is 10.6. The molecule has 0 unspecified atom stereocenters. The quantitative estimate of drug-likeness (QED) is 0.422. The molecule has 4 heterocycles. The molecular formula is C23H23FN6O2. The van der Waals surface area contributed by atoms with E-state index in [4.69, 9.17) is 0 Å². The van der Waals surface area contributed by atoms with Crippen LogP contribution in [0.15, 0.2) is 55.1 Å². The number of benzene rings is 1. The van der Waals surface area contributed by atoms with Crippen molar-refractivity contribution in [3.05, 3.63) is 72.1 Å². The van der Waals surface area contributed by atoms with Crippen molar-refractivity contribution in [2.75, 3.05) is 18.1 Å². The van der Waals surface area contributed by atoms with E-state index in [0.717, 1.165) is 25.5 Å². The number of carbonyl (C=O) groups excluding carboxylic acids is 2. The summed E-state index contributed by atoms with van der Waals surface area (Å²) in [6.07, 6.45) is 8.40. The first-order chi connectivity index (χ1) is 15.6. The third-order valence-electron chi connectivity index (χ3n) is 6.07. The average Bonchev–Trinajstić information content (AvgIpc) is 3.51. The number of halogens is 1. The number of H-pyrrole nitrogens is 1. The molecule has 0 radical (unpaired) electrons. The standard InChI is InChI=1S/C23H23FN6O2/c24-18-14-26-22(30-11-8-27-28-30)20-19(18)17(13-25-20)21(31)23(32)29-9-6-16(7-10-29)12-15-4-2-1-3-5-15/h1-5,8,11,13-14,16,25,27-28H,6-7,9-10,12H2. The van der Waals surface area contributed by atoms with E-state index in [2.05, 4.69) is 33.1 Å². The molecule has 2 aliphatic heterocycles. The summed E-state index contributed by atoms with van der Waals surface area (Å²) in [4.78, 5) is 34.5. The van der Waals surface area contributed by atoms with E-state index in [0.29, 0.717) is 30.3 Å². The van der Waals surface area contributed by atoms with E-state index < -0.39 is 17.5 Å². The van der Waals surface area contributed by atoms with Crippen molar-refractivity contribution in [1.82, 2.24) is 25.8 Å². The van der Waals surface area contributed by atoms with Crippen LogP contribution in [0.1, 0.15) is 28.8 Å². The first-order valence-corrected chi connectivity index (χ1v) is 10.6. The number of aromatic amines is 1. The zero-order valence-corrected chi connectivity index (χ0v) is 17.3. The number of amides is 1. The molecule has 164 valence electrons. The zero-order valence-electron chi connectivity index (χ0n) is 17.3. The molecular weight excluding hydrogens is 411 g/mol. The largest absolute Gasteiger partial charge is 0.357 e. The third kappa shape index (κ3) is 3.71. The van der Waals surface area contributed by atoms with Crippen molar-refractivity contribution < 1.29 is 14.0 Å². The molecule has 1 fully saturated rings. The summed E-state index contributed by atoms with van der Waals surface area (Å²) in [5.74, 6) is -1.10. The number of nitrogens with zero attached hydrogens (tertiary/aromatic N) is 3. The number of hydrogen-bond donors (Lipinski definition) is 3. The van der Waals surface area contributed by atoms with E-state index >= 15 is 0 Å². The number of ketones is 1. The van der Waals surface area contributed by atoms with Gasteiger partial charge in [-0.05, 0) is 30.7 Å². The summed E-state index contributed by atoms with van der Waals surface area (Å²) in [5, 5.41) is 1.61. The van der Waals surface area contributed by atoms with Crippen LogP contribution in [0.5, 0.6) is 0 Å². The Labute approximate surface area is 184 Å². The second kappa shape index (κ2) is 8.43. The van der Waals surface area contributed by atoms with Gasteiger partial charge in [0.25, 0.3) is 11.7 Å². The van der Waals surface area contributed by atoms with Gasteiger partial charge in [-0.1, -0.05) is 30.3 Å². The number of piperidine rings is 1. The Morgan fingerprint density at radius 1 is 1.16 bits per heavy atom. The molecule has 5 rings (SSSR count). The van der Waals surface area contributed by atoms with Crippen molar-refractivity contribution in [3.8, 4) is 0 Å². The topological polar surface area (TPSA) is 93.4 Å². The van der Waals surface area contributed by atoms with Crippen LogP contribution in [0.25, 0.3) is 10.9 Å². The zero-order chi connectivity index (χ0) is 22.1. The van der Waals surface area contributed by atoms with Crippen LogP contribution in [-0.2, 0) is 11.2 Å². The highest BCUT2D eigenvalue weighted by Crippen LogP contribution is 2.30. The number of hydrazine groups is 2. The number of likely N-dealkylation sites (tertiary alicyclic amines) is 1. The fraction of sp³-hybridized carbons (Fsp3) is 0.261. The maximum absolute atomic E-state index is 14.6. The van der Waals surface area contributed by atoms with Gasteiger partial charge in [0.2, 0.25) is 0 Å². The van der Waals surface area contributed by atoms with Crippen molar-refractivity contribution in [1.29, 1.82) is 0 Å². The molecule has 0 saturated carbocycles. The molecule has 1 aromatic carbocycles. The second-order valence-corrected chi connectivity index (χ2v) is 8.08. The van der Waals surface area contributed by atoms with Gasteiger partial charge in [-0.25, -0.2) is 14.4 Å². The van der Waals surface area contributed by atoms with Gasteiger partial charge in [0.15, 0.2) is 11.6 Å². The van der Waals surface area contributed by atoms with E-state index in [1.165, 1.54) is 11.8 Å².